The summed E-state index contributed by atoms with van der Waals surface area (Å²) in [4.78, 5) is 3.82. The lowest BCUT2D eigenvalue weighted by atomic mass is 9.62. The number of allylic oxidation sites excluding steroid dienone is 3. The Labute approximate surface area is 780 Å². The van der Waals surface area contributed by atoms with Crippen molar-refractivity contribution >= 4 is 68.2 Å². The predicted octanol–water partition coefficient (Wildman–Crippen LogP) is 35.2. The molecule has 654 valence electrons. The Bertz CT molecular complexity index is 6890. The Morgan fingerprint density at radius 1 is 0.194 bits per heavy atom. The van der Waals surface area contributed by atoms with E-state index in [1.165, 1.54) is 337 Å². The van der Waals surface area contributed by atoms with Gasteiger partial charge < -0.3 is 13.3 Å². The van der Waals surface area contributed by atoms with Crippen molar-refractivity contribution in [1.29, 1.82) is 0 Å². The van der Waals surface area contributed by atoms with Gasteiger partial charge in [0.1, 0.15) is 16.7 Å². The number of thioether (sulfide) groups is 3. The third kappa shape index (κ3) is 11.3. The summed E-state index contributed by atoms with van der Waals surface area (Å²) in [7, 11) is 0. The van der Waals surface area contributed by atoms with Crippen LogP contribution in [0.1, 0.15) is 250 Å². The fourth-order valence-electron chi connectivity index (χ4n) is 25.4. The highest BCUT2D eigenvalue weighted by Crippen LogP contribution is 2.68. The fraction of sp³-hybridized carbons (Fsp3) is 0.317. The Morgan fingerprint density at radius 3 is 0.775 bits per heavy atom. The molecule has 6 aliphatic rings. The molecule has 0 N–H and O–H groups in total. The minimum atomic E-state index is -0.480. The standard InChI is InChI=1S/3C41H42OS/c1-19-20(2)26(8)36-35(25(19)7)37-27(9)21(3)23(5)29(11)39(37)41(40-30(12)24(6)22(4)28(10)38(36)40)14-16-43-34-18-33-31(13-15-42-33)17-32(34)41;1-19-20(2)26(8)35-34(25(19)7)36-27(9)21(3)23(5)29(11)38(36)41(39-30(12)24(6)22(4)28(10)37(35)39)16-18-43-40-31-15-17-42-33(31)14-13-32(40)41;1-19-20(2)26(8)34-33(25(19)7)35-27(9)21(3)23(5)29(11)37(35)41(38-30(12)24(6)22(4)28(10)36(34)38)16-18-43-40-32(41)14-13-31-15-17-42-39(31)40/h3*13-18H,1-12H3. The van der Waals surface area contributed by atoms with Gasteiger partial charge in [0.05, 0.1) is 39.9 Å². The molecule has 6 heteroatoms. The van der Waals surface area contributed by atoms with E-state index in [2.05, 4.69) is 338 Å². The quantitative estimate of drug-likeness (QED) is 0.151. The number of furan rings is 3. The first-order valence-electron chi connectivity index (χ1n) is 46.6. The molecular weight excluding hydrogens is 1620 g/mol. The molecule has 129 heavy (non-hydrogen) atoms. The zero-order valence-electron chi connectivity index (χ0n) is 83.3. The molecule has 0 radical (unpaired) electrons. The summed E-state index contributed by atoms with van der Waals surface area (Å²) < 4.78 is 18.1. The number of benzene rings is 12. The molecule has 0 saturated heterocycles. The molecule has 0 amide bonds. The maximum absolute atomic E-state index is 6.23. The Balaban J connectivity index is 0.000000126. The Morgan fingerprint density at radius 2 is 0.442 bits per heavy atom. The second-order valence-electron chi connectivity index (χ2n) is 39.8. The van der Waals surface area contributed by atoms with Gasteiger partial charge in [0.2, 0.25) is 0 Å². The van der Waals surface area contributed by atoms with Crippen LogP contribution in [0.2, 0.25) is 0 Å². The molecule has 3 aliphatic heterocycles. The third-order valence-electron chi connectivity index (χ3n) is 35.6. The molecule has 3 aliphatic carbocycles. The van der Waals surface area contributed by atoms with Crippen LogP contribution in [-0.4, -0.2) is 0 Å². The van der Waals surface area contributed by atoms with Gasteiger partial charge in [0.15, 0.2) is 0 Å². The van der Waals surface area contributed by atoms with Gasteiger partial charge in [-0.15, -0.1) is 0 Å². The average molecular weight is 1750 g/mol. The van der Waals surface area contributed by atoms with E-state index in [1.807, 2.05) is 42.3 Å². The largest absolute Gasteiger partial charge is 0.464 e. The van der Waals surface area contributed by atoms with E-state index in [0.29, 0.717) is 0 Å². The molecule has 0 saturated carbocycles. The summed E-state index contributed by atoms with van der Waals surface area (Å²) in [5.41, 5.74) is 81.8. The maximum Gasteiger partial charge on any atom is 0.148 e. The van der Waals surface area contributed by atoms with Crippen LogP contribution in [0.3, 0.4) is 0 Å². The highest BCUT2D eigenvalue weighted by molar-refractivity contribution is 8.03. The number of hydrogen-bond acceptors (Lipinski definition) is 6. The highest BCUT2D eigenvalue weighted by atomic mass is 32.2. The lowest BCUT2D eigenvalue weighted by Crippen LogP contribution is -2.33. The molecule has 21 rings (SSSR count). The van der Waals surface area contributed by atoms with Crippen molar-refractivity contribution in [2.24, 2.45) is 0 Å². The van der Waals surface area contributed by atoms with Crippen molar-refractivity contribution in [2.45, 2.75) is 280 Å². The van der Waals surface area contributed by atoms with Crippen molar-refractivity contribution in [1.82, 2.24) is 0 Å². The van der Waals surface area contributed by atoms with Gasteiger partial charge in [0.25, 0.3) is 0 Å². The summed E-state index contributed by atoms with van der Waals surface area (Å²) in [5, 5.41) is 10.6. The van der Waals surface area contributed by atoms with Crippen LogP contribution < -0.4 is 0 Å². The zero-order chi connectivity index (χ0) is 92.6. The SMILES string of the molecule is Cc1c(C)c(C)c2c(c1C)-c1c(C)c(C)c(C)c(C)c1C1(C=CSc3c1ccc1ccoc31)c1c(C)c(C)c(C)c(C)c1-2.Cc1c(C)c(C)c2c(c1C)-c1c(C)c(C)c(C)c(C)c1C1(C=CSc3c1ccc1occc31)c1c(C)c(C)c(C)c(C)c1-2.Cc1c(C)c(C)c2c(c1C)-c1c(C)c(C)c(C)c(C)c1C1(C=CSc3cc4occc4cc31)c1c(C)c(C)c(C)c(C)c1-2. The van der Waals surface area contributed by atoms with Gasteiger partial charge in [0, 0.05) is 25.9 Å². The van der Waals surface area contributed by atoms with Gasteiger partial charge in [-0.3, -0.25) is 0 Å². The minimum Gasteiger partial charge on any atom is -0.464 e. The number of hydrogen-bond donors (Lipinski definition) is 0. The van der Waals surface area contributed by atoms with Crippen LogP contribution >= 0.6 is 35.3 Å². The minimum absolute atomic E-state index is 0.461. The van der Waals surface area contributed by atoms with Crippen LogP contribution in [0.25, 0.3) is 99.7 Å². The number of rotatable bonds is 0. The molecule has 3 aromatic heterocycles. The first kappa shape index (κ1) is 87.8. The molecule has 15 aromatic rings. The molecule has 0 atom stereocenters. The first-order valence-corrected chi connectivity index (χ1v) is 49.2. The van der Waals surface area contributed by atoms with E-state index >= 15 is 0 Å². The van der Waals surface area contributed by atoms with E-state index in [1.54, 1.807) is 11.8 Å². The summed E-state index contributed by atoms with van der Waals surface area (Å²) in [6.07, 6.45) is 13.1. The Hall–Kier alpha value is -10.5. The molecule has 12 aromatic carbocycles. The van der Waals surface area contributed by atoms with Crippen molar-refractivity contribution in [3.63, 3.8) is 0 Å². The molecular formula is C123H126O3S3. The smallest absolute Gasteiger partial charge is 0.148 e. The van der Waals surface area contributed by atoms with Gasteiger partial charge in [-0.25, -0.2) is 0 Å². The first-order chi connectivity index (χ1) is 61.1. The molecule has 3 spiro atoms. The van der Waals surface area contributed by atoms with E-state index in [0.717, 1.165) is 27.5 Å². The van der Waals surface area contributed by atoms with E-state index < -0.39 is 16.2 Å². The van der Waals surface area contributed by atoms with Crippen molar-refractivity contribution in [3.8, 4) is 66.8 Å². The summed E-state index contributed by atoms with van der Waals surface area (Å²) >= 11 is 5.46. The van der Waals surface area contributed by atoms with Gasteiger partial charge in [-0.1, -0.05) is 71.7 Å². The monoisotopic (exact) mass is 1750 g/mol. The molecule has 6 heterocycles. The average Bonchev–Trinajstić information content (AvgIpc) is 1.58. The van der Waals surface area contributed by atoms with Crippen molar-refractivity contribution in [2.75, 3.05) is 0 Å². The molecule has 0 fully saturated rings. The third-order valence-corrected chi connectivity index (χ3v) is 38.3. The lowest BCUT2D eigenvalue weighted by molar-refractivity contribution is 0.604. The predicted molar refractivity (Wildman–Crippen MR) is 556 cm³/mol. The van der Waals surface area contributed by atoms with Gasteiger partial charge >= 0.3 is 0 Å². The second kappa shape index (κ2) is 30.3. The van der Waals surface area contributed by atoms with Crippen molar-refractivity contribution < 1.29 is 13.3 Å². The summed E-state index contributed by atoms with van der Waals surface area (Å²) in [6, 6.07) is 20.3. The second-order valence-corrected chi connectivity index (χ2v) is 42.6. The van der Waals surface area contributed by atoms with Crippen LogP contribution in [0, 0.1) is 249 Å². The van der Waals surface area contributed by atoms with Crippen molar-refractivity contribution in [3.05, 3.63) is 358 Å². The Kier molecular flexibility index (Phi) is 20.6. The number of fused-ring (bicyclic) bond motifs is 32. The van der Waals surface area contributed by atoms with E-state index in [4.69, 9.17) is 13.3 Å². The van der Waals surface area contributed by atoms with Crippen LogP contribution in [0.4, 0.5) is 0 Å². The fourth-order valence-corrected chi connectivity index (χ4v) is 28.4. The van der Waals surface area contributed by atoms with Gasteiger partial charge in [-0.2, -0.15) is 0 Å². The van der Waals surface area contributed by atoms with Crippen LogP contribution in [0.15, 0.2) is 136 Å². The van der Waals surface area contributed by atoms with Crippen LogP contribution in [-0.2, 0) is 16.2 Å². The van der Waals surface area contributed by atoms with Gasteiger partial charge in [-0.05, 0) is 619 Å². The topological polar surface area (TPSA) is 39.4 Å². The lowest BCUT2D eigenvalue weighted by Gasteiger charge is -2.41. The van der Waals surface area contributed by atoms with E-state index in [9.17, 15) is 0 Å². The normalized spacial score (nSPS) is 14.5. The van der Waals surface area contributed by atoms with Crippen LogP contribution in [0.5, 0.6) is 0 Å². The molecule has 0 unspecified atom stereocenters. The molecule has 0 bridgehead atoms. The summed E-state index contributed by atoms with van der Waals surface area (Å²) in [6.45, 7) is 84.5. The summed E-state index contributed by atoms with van der Waals surface area (Å²) in [5.74, 6) is 0. The van der Waals surface area contributed by atoms with E-state index in [-0.39, 0.29) is 0 Å². The molecule has 3 nitrogen and oxygen atoms in total. The zero-order valence-corrected chi connectivity index (χ0v) is 85.8. The highest BCUT2D eigenvalue weighted by Gasteiger charge is 2.53. The maximum atomic E-state index is 6.23.